The fraction of sp³-hybridized carbons (Fsp3) is 0.423. The van der Waals surface area contributed by atoms with Crippen molar-refractivity contribution < 1.29 is 48.6 Å². The van der Waals surface area contributed by atoms with Gasteiger partial charge in [0.2, 0.25) is 45.8 Å². The fourth-order valence-electron chi connectivity index (χ4n) is 8.32. The highest BCUT2D eigenvalue weighted by Crippen LogP contribution is 2.31. The maximum absolute atomic E-state index is 15.2. The second-order valence-corrected chi connectivity index (χ2v) is 17.6. The highest BCUT2D eigenvalue weighted by Gasteiger charge is 2.34. The van der Waals surface area contributed by atoms with E-state index in [1.54, 1.807) is 27.4 Å². The van der Waals surface area contributed by atoms with Gasteiger partial charge in [0.15, 0.2) is 29.8 Å². The third-order valence-corrected chi connectivity index (χ3v) is 12.2. The number of unbranched alkanes of at least 4 members (excludes halogenated alkanes) is 6. The molecule has 2 atom stereocenters. The van der Waals surface area contributed by atoms with Gasteiger partial charge in [-0.2, -0.15) is 8.78 Å². The number of anilines is 1. The molecule has 0 amide bonds. The Kier molecular flexibility index (Phi) is 19.6. The summed E-state index contributed by atoms with van der Waals surface area (Å²) in [5.41, 5.74) is -0.962. The molecular formula is C52H59F10N6O2+. The average Bonchev–Trinajstić information content (AvgIpc) is 3.92. The van der Waals surface area contributed by atoms with E-state index >= 15 is 17.6 Å². The van der Waals surface area contributed by atoms with Gasteiger partial charge in [-0.15, -0.1) is 13.2 Å². The quantitative estimate of drug-likeness (QED) is 0.00924. The summed E-state index contributed by atoms with van der Waals surface area (Å²) in [6, 6.07) is 6.12. The second kappa shape index (κ2) is 25.1. The van der Waals surface area contributed by atoms with Crippen molar-refractivity contribution in [2.45, 2.75) is 118 Å². The Morgan fingerprint density at radius 2 is 1.06 bits per heavy atom. The van der Waals surface area contributed by atoms with E-state index in [0.29, 0.717) is 35.7 Å². The molecule has 0 fully saturated rings. The molecule has 2 unspecified atom stereocenters. The first-order valence-electron chi connectivity index (χ1n) is 23.6. The summed E-state index contributed by atoms with van der Waals surface area (Å²) in [6.07, 6.45) is 13.1. The summed E-state index contributed by atoms with van der Waals surface area (Å²) in [6.45, 7) is 15.3. The summed E-state index contributed by atoms with van der Waals surface area (Å²) in [5.74, 6) is -21.4. The van der Waals surface area contributed by atoms with Crippen molar-refractivity contribution in [1.82, 2.24) is 14.6 Å². The van der Waals surface area contributed by atoms with Crippen molar-refractivity contribution in [3.05, 3.63) is 160 Å². The van der Waals surface area contributed by atoms with Crippen LogP contribution in [0.2, 0.25) is 0 Å². The molecule has 0 aliphatic heterocycles. The molecular weight excluding hydrogens is 931 g/mol. The van der Waals surface area contributed by atoms with Gasteiger partial charge in [0.05, 0.1) is 31.8 Å². The van der Waals surface area contributed by atoms with Gasteiger partial charge >= 0.3 is 5.69 Å². The summed E-state index contributed by atoms with van der Waals surface area (Å²) < 4.78 is 151. The molecule has 70 heavy (non-hydrogen) atoms. The van der Waals surface area contributed by atoms with Crippen LogP contribution in [0.4, 0.5) is 55.3 Å². The van der Waals surface area contributed by atoms with Gasteiger partial charge in [-0.1, -0.05) is 70.2 Å². The lowest BCUT2D eigenvalue weighted by molar-refractivity contribution is -0.512. The fourth-order valence-corrected chi connectivity index (χ4v) is 8.32. The van der Waals surface area contributed by atoms with Crippen LogP contribution in [0, 0.1) is 91.1 Å². The number of benzene rings is 2. The van der Waals surface area contributed by atoms with Crippen molar-refractivity contribution in [3.63, 3.8) is 0 Å². The van der Waals surface area contributed by atoms with Crippen molar-refractivity contribution in [2.75, 3.05) is 18.1 Å². The van der Waals surface area contributed by atoms with E-state index in [1.807, 2.05) is 27.7 Å². The number of nitrogens with zero attached hydrogens (tertiary/aromatic N) is 5. The van der Waals surface area contributed by atoms with E-state index in [1.165, 1.54) is 30.6 Å². The van der Waals surface area contributed by atoms with Crippen molar-refractivity contribution >= 4 is 23.8 Å². The summed E-state index contributed by atoms with van der Waals surface area (Å²) in [4.78, 5) is 28.8. The average molecular weight is 990 g/mol. The number of azo groups is 2. The topological polar surface area (TPSA) is 74.6 Å². The van der Waals surface area contributed by atoms with Crippen molar-refractivity contribution in [1.29, 1.82) is 0 Å². The lowest BCUT2D eigenvalue weighted by Crippen LogP contribution is -2.39. The minimum atomic E-state index is -2.32. The Morgan fingerprint density at radius 3 is 1.54 bits per heavy atom. The van der Waals surface area contributed by atoms with Crippen LogP contribution < -0.4 is 32.0 Å². The molecule has 1 N–H and O–H groups in total. The Labute approximate surface area is 398 Å². The highest BCUT2D eigenvalue weighted by molar-refractivity contribution is 5.51. The first-order valence-corrected chi connectivity index (χ1v) is 23.6. The third-order valence-electron chi connectivity index (χ3n) is 12.2. The first kappa shape index (κ1) is 54.7. The number of aromatic nitrogens is 2. The number of hydrazine groups is 1. The number of nitrogens with one attached hydrogen (secondary N) is 1. The molecule has 0 aliphatic rings. The minimum Gasteiger partial charge on any atom is -0.339 e. The van der Waals surface area contributed by atoms with Gasteiger partial charge in [-0.05, 0) is 86.2 Å². The maximum atomic E-state index is 15.2. The maximum Gasteiger partial charge on any atom is 0.309 e. The van der Waals surface area contributed by atoms with E-state index in [9.17, 15) is 35.9 Å². The van der Waals surface area contributed by atoms with Gasteiger partial charge in [0.25, 0.3) is 0 Å². The van der Waals surface area contributed by atoms with E-state index in [-0.39, 0.29) is 77.3 Å². The van der Waals surface area contributed by atoms with Crippen LogP contribution in [0.25, 0.3) is 12.4 Å². The molecule has 3 aromatic carbocycles. The number of halogens is 10. The van der Waals surface area contributed by atoms with E-state index in [0.717, 1.165) is 43.5 Å². The second-order valence-electron chi connectivity index (χ2n) is 17.6. The first-order chi connectivity index (χ1) is 33.4. The van der Waals surface area contributed by atoms with E-state index < -0.39 is 80.4 Å². The highest BCUT2D eigenvalue weighted by atomic mass is 19.2. The van der Waals surface area contributed by atoms with Crippen LogP contribution in [-0.2, 0) is 13.1 Å². The molecule has 18 heteroatoms. The molecule has 0 radical (unpaired) electrons. The van der Waals surface area contributed by atoms with Gasteiger partial charge in [0, 0.05) is 32.3 Å². The Hall–Kier alpha value is -6.20. The molecule has 2 heterocycles. The van der Waals surface area contributed by atoms with Crippen LogP contribution in [0.1, 0.15) is 105 Å². The summed E-state index contributed by atoms with van der Waals surface area (Å²) in [7, 11) is 0. The molecule has 0 bridgehead atoms. The predicted molar refractivity (Wildman–Crippen MR) is 249 cm³/mol. The smallest absolute Gasteiger partial charge is 0.309 e. The molecule has 0 saturated carbocycles. The molecule has 0 spiro atoms. The Balaban J connectivity index is 1.77. The Morgan fingerprint density at radius 1 is 0.614 bits per heavy atom. The minimum absolute atomic E-state index is 0.0205. The number of rotatable bonds is 25. The zero-order chi connectivity index (χ0) is 51.4. The number of allylic oxidation sites excluding steroid dienone is 2. The SMILES string of the molecule is C=CCCCCN(NC=c1ccc(=c2c(=O)c(=c3cc/c(=C\N=[N+](CCCCC=C)c4c(F)c(F)c(F)c(F)c4F)n3CC(C)CCCC)c2=O)n1CC(C)CCCC)c1c(F)c(F)c(F)c(F)c1F. The van der Waals surface area contributed by atoms with Gasteiger partial charge in [0.1, 0.15) is 11.9 Å². The molecule has 8 nitrogen and oxygen atoms in total. The molecule has 2 aromatic heterocycles. The molecule has 5 aromatic rings. The molecule has 0 saturated heterocycles. The largest absolute Gasteiger partial charge is 0.339 e. The van der Waals surface area contributed by atoms with Crippen molar-refractivity contribution in [3.8, 4) is 0 Å². The molecule has 0 aliphatic carbocycles. The van der Waals surface area contributed by atoms with Gasteiger partial charge in [-0.3, -0.25) is 14.6 Å². The van der Waals surface area contributed by atoms with Crippen LogP contribution in [0.3, 0.4) is 0 Å². The zero-order valence-electron chi connectivity index (χ0n) is 39.8. The van der Waals surface area contributed by atoms with Crippen LogP contribution in [-0.4, -0.2) is 26.9 Å². The normalized spacial score (nSPS) is 13.4. The Bertz CT molecular complexity index is 3030. The van der Waals surface area contributed by atoms with E-state index in [4.69, 9.17) is 0 Å². The lowest BCUT2D eigenvalue weighted by Gasteiger charge is -2.26. The molecule has 5 rings (SSSR count). The molecule has 378 valence electrons. The monoisotopic (exact) mass is 989 g/mol. The number of hydrogen-bond acceptors (Lipinski definition) is 5. The summed E-state index contributed by atoms with van der Waals surface area (Å²) in [5, 5.41) is 5.70. The standard InChI is InChI=1S/C52H58F10N6O2/c1-7-11-15-17-25-67(49-45(59)41(55)39(53)42(56)46(49)60)63-27-33-21-23-35(65(33)29-31(5)19-13-9-3)37-51(69)38(52(37)70)36-24-22-34(66(36)30-32(6)20-14-10-4)28-64-68(26-18-16-12-8-2)50-47(61)43(57)40(54)44(58)48(50)62/h7-8,21-24,27-28,31-32H,1-2,9-20,25-26,29-30H2,3-6H3/p+1. The van der Waals surface area contributed by atoms with Gasteiger partial charge in [-0.25, -0.2) is 35.1 Å². The van der Waals surface area contributed by atoms with Crippen LogP contribution >= 0.6 is 0 Å². The van der Waals surface area contributed by atoms with Crippen LogP contribution in [0.15, 0.2) is 64.3 Å². The lowest BCUT2D eigenvalue weighted by atomic mass is 10.0. The number of hydrogen-bond donors (Lipinski definition) is 1. The van der Waals surface area contributed by atoms with Gasteiger partial charge < -0.3 is 14.6 Å². The zero-order valence-corrected chi connectivity index (χ0v) is 39.8. The van der Waals surface area contributed by atoms with E-state index in [2.05, 4.69) is 23.7 Å². The third kappa shape index (κ3) is 12.0. The predicted octanol–water partition coefficient (Wildman–Crippen LogP) is 11.5. The van der Waals surface area contributed by atoms with Crippen molar-refractivity contribution in [2.24, 2.45) is 17.0 Å². The van der Waals surface area contributed by atoms with Crippen LogP contribution in [0.5, 0.6) is 0 Å². The summed E-state index contributed by atoms with van der Waals surface area (Å²) >= 11 is 0.